The molecule has 1 heterocycles. The summed E-state index contributed by atoms with van der Waals surface area (Å²) in [5.41, 5.74) is -1.69. The highest BCUT2D eigenvalue weighted by Gasteiger charge is 2.63. The number of β-lactam (4-membered cyclic amide) rings is 1. The van der Waals surface area contributed by atoms with Crippen LogP contribution in [0.4, 0.5) is 4.79 Å². The monoisotopic (exact) mass is 303 g/mol. The molecule has 1 aliphatic heterocycles. The summed E-state index contributed by atoms with van der Waals surface area (Å²) in [6, 6.07) is 8.17. The average molecular weight is 303 g/mol. The molecule has 0 radical (unpaired) electrons. The van der Waals surface area contributed by atoms with Crippen molar-refractivity contribution in [3.8, 4) is 0 Å². The van der Waals surface area contributed by atoms with Crippen LogP contribution in [-0.2, 0) is 9.53 Å². The topological polar surface area (TPSA) is 66.8 Å². The minimum atomic E-state index is -1.65. The molecule has 1 aromatic rings. The predicted molar refractivity (Wildman–Crippen MR) is 82.0 cm³/mol. The van der Waals surface area contributed by atoms with Crippen LogP contribution < -0.4 is 0 Å². The third-order valence-electron chi connectivity index (χ3n) is 3.46. The summed E-state index contributed by atoms with van der Waals surface area (Å²) in [7, 11) is 0. The normalized spacial score (nSPS) is 24.6. The van der Waals surface area contributed by atoms with Gasteiger partial charge in [0.15, 0.2) is 5.60 Å². The van der Waals surface area contributed by atoms with Crippen LogP contribution >= 0.6 is 0 Å². The summed E-state index contributed by atoms with van der Waals surface area (Å²) < 4.78 is 5.26. The summed E-state index contributed by atoms with van der Waals surface area (Å²) in [6.45, 7) is 8.75. The Labute approximate surface area is 130 Å². The smallest absolute Gasteiger partial charge is 0.417 e. The van der Waals surface area contributed by atoms with Gasteiger partial charge in [-0.05, 0) is 26.3 Å². The maximum atomic E-state index is 12.3. The number of carbonyl (C=O) groups is 2. The number of hydrogen-bond acceptors (Lipinski definition) is 4. The molecule has 118 valence electrons. The van der Waals surface area contributed by atoms with E-state index in [1.54, 1.807) is 45.0 Å². The Morgan fingerprint density at radius 3 is 2.50 bits per heavy atom. The number of likely N-dealkylation sites (tertiary alicyclic amines) is 1. The summed E-state index contributed by atoms with van der Waals surface area (Å²) in [5, 5.41) is 10.6. The highest BCUT2D eigenvalue weighted by Crippen LogP contribution is 2.46. The van der Waals surface area contributed by atoms with Crippen LogP contribution in [0.25, 0.3) is 0 Å². The molecule has 0 unspecified atom stereocenters. The summed E-state index contributed by atoms with van der Waals surface area (Å²) >= 11 is 0. The molecule has 2 amide bonds. The summed E-state index contributed by atoms with van der Waals surface area (Å²) in [6.07, 6.45) is 0.797. The number of benzene rings is 1. The van der Waals surface area contributed by atoms with Crippen molar-refractivity contribution in [1.82, 2.24) is 4.90 Å². The van der Waals surface area contributed by atoms with E-state index in [4.69, 9.17) is 4.74 Å². The molecule has 1 saturated heterocycles. The molecule has 0 aliphatic carbocycles. The van der Waals surface area contributed by atoms with Crippen molar-refractivity contribution in [3.63, 3.8) is 0 Å². The second kappa shape index (κ2) is 5.57. The molecule has 5 nitrogen and oxygen atoms in total. The largest absolute Gasteiger partial charge is 0.443 e. The van der Waals surface area contributed by atoms with E-state index in [0.29, 0.717) is 5.56 Å². The third kappa shape index (κ3) is 2.76. The molecule has 1 fully saturated rings. The number of amides is 2. The van der Waals surface area contributed by atoms with Crippen LogP contribution in [0.5, 0.6) is 0 Å². The number of rotatable bonds is 3. The van der Waals surface area contributed by atoms with Gasteiger partial charge in [0.2, 0.25) is 0 Å². The maximum Gasteiger partial charge on any atom is 0.417 e. The standard InChI is InChI=1S/C17H21NO4/c1-5-11-17(21)13(12-9-7-6-8-10-12)18(14(17)19)15(20)22-16(2,3)4/h5-10,13,21H,1,11H2,2-4H3/t13-,17+/m0/s1. The summed E-state index contributed by atoms with van der Waals surface area (Å²) in [5.74, 6) is -0.657. The molecule has 1 aliphatic rings. The highest BCUT2D eigenvalue weighted by molar-refractivity contribution is 6.04. The molecule has 1 N–H and O–H groups in total. The molecule has 1 aromatic carbocycles. The van der Waals surface area contributed by atoms with Crippen LogP contribution in [0.1, 0.15) is 38.8 Å². The number of aliphatic hydroxyl groups is 1. The molecule has 2 rings (SSSR count). The first kappa shape index (κ1) is 16.2. The zero-order valence-corrected chi connectivity index (χ0v) is 13.1. The minimum absolute atomic E-state index is 0.0741. The number of carbonyl (C=O) groups excluding carboxylic acids is 2. The van der Waals surface area contributed by atoms with Crippen LogP contribution in [0.3, 0.4) is 0 Å². The Morgan fingerprint density at radius 1 is 1.41 bits per heavy atom. The SMILES string of the molecule is C=CC[C@]1(O)C(=O)N(C(=O)OC(C)(C)C)[C@H]1c1ccccc1. The Balaban J connectivity index is 2.35. The first-order chi connectivity index (χ1) is 10.2. The van der Waals surface area contributed by atoms with Crippen LogP contribution in [0.2, 0.25) is 0 Å². The van der Waals surface area contributed by atoms with E-state index in [1.165, 1.54) is 6.08 Å². The van der Waals surface area contributed by atoms with Gasteiger partial charge in [-0.2, -0.15) is 0 Å². The second-order valence-corrected chi connectivity index (χ2v) is 6.39. The van der Waals surface area contributed by atoms with E-state index < -0.39 is 29.2 Å². The van der Waals surface area contributed by atoms with Gasteiger partial charge in [0.05, 0.1) is 0 Å². The van der Waals surface area contributed by atoms with Gasteiger partial charge in [0, 0.05) is 6.42 Å². The quantitative estimate of drug-likeness (QED) is 0.689. The molecule has 0 spiro atoms. The highest BCUT2D eigenvalue weighted by atomic mass is 16.6. The molecule has 0 saturated carbocycles. The average Bonchev–Trinajstić information content (AvgIpc) is 2.43. The van der Waals surface area contributed by atoms with Crippen molar-refractivity contribution in [1.29, 1.82) is 0 Å². The van der Waals surface area contributed by atoms with E-state index in [1.807, 2.05) is 6.07 Å². The van der Waals surface area contributed by atoms with Gasteiger partial charge in [0.25, 0.3) is 5.91 Å². The second-order valence-electron chi connectivity index (χ2n) is 6.39. The number of imide groups is 1. The molecule has 22 heavy (non-hydrogen) atoms. The molecule has 2 atom stereocenters. The number of nitrogens with zero attached hydrogens (tertiary/aromatic N) is 1. The van der Waals surface area contributed by atoms with E-state index >= 15 is 0 Å². The van der Waals surface area contributed by atoms with Crippen molar-refractivity contribution in [2.75, 3.05) is 0 Å². The van der Waals surface area contributed by atoms with Gasteiger partial charge in [-0.1, -0.05) is 36.4 Å². The van der Waals surface area contributed by atoms with E-state index in [9.17, 15) is 14.7 Å². The van der Waals surface area contributed by atoms with Crippen molar-refractivity contribution >= 4 is 12.0 Å². The minimum Gasteiger partial charge on any atom is -0.443 e. The van der Waals surface area contributed by atoms with Gasteiger partial charge in [-0.15, -0.1) is 6.58 Å². The lowest BCUT2D eigenvalue weighted by atomic mass is 9.76. The molecular weight excluding hydrogens is 282 g/mol. The zero-order valence-electron chi connectivity index (χ0n) is 13.1. The first-order valence-electron chi connectivity index (χ1n) is 7.15. The Morgan fingerprint density at radius 2 is 2.00 bits per heavy atom. The molecule has 5 heteroatoms. The Bertz CT molecular complexity index is 590. The lowest BCUT2D eigenvalue weighted by molar-refractivity contribution is -0.188. The fraction of sp³-hybridized carbons (Fsp3) is 0.412. The fourth-order valence-electron chi connectivity index (χ4n) is 2.57. The van der Waals surface area contributed by atoms with Crippen molar-refractivity contribution < 1.29 is 19.4 Å². The molecular formula is C17H21NO4. The van der Waals surface area contributed by atoms with Crippen molar-refractivity contribution in [2.45, 2.75) is 44.4 Å². The van der Waals surface area contributed by atoms with Gasteiger partial charge < -0.3 is 9.84 Å². The van der Waals surface area contributed by atoms with Gasteiger partial charge in [0.1, 0.15) is 11.6 Å². The fourth-order valence-corrected chi connectivity index (χ4v) is 2.57. The van der Waals surface area contributed by atoms with Crippen LogP contribution in [-0.4, -0.2) is 33.2 Å². The van der Waals surface area contributed by atoms with E-state index in [-0.39, 0.29) is 6.42 Å². The van der Waals surface area contributed by atoms with Crippen molar-refractivity contribution in [3.05, 3.63) is 48.6 Å². The molecule has 0 aromatic heterocycles. The summed E-state index contributed by atoms with van der Waals surface area (Å²) in [4.78, 5) is 25.6. The van der Waals surface area contributed by atoms with Gasteiger partial charge in [-0.3, -0.25) is 4.79 Å². The zero-order chi connectivity index (χ0) is 16.5. The molecule has 0 bridgehead atoms. The lowest BCUT2D eigenvalue weighted by Crippen LogP contribution is -2.70. The van der Waals surface area contributed by atoms with E-state index in [0.717, 1.165) is 4.90 Å². The van der Waals surface area contributed by atoms with E-state index in [2.05, 4.69) is 6.58 Å². The third-order valence-corrected chi connectivity index (χ3v) is 3.46. The van der Waals surface area contributed by atoms with Crippen LogP contribution in [0.15, 0.2) is 43.0 Å². The van der Waals surface area contributed by atoms with Gasteiger partial charge >= 0.3 is 6.09 Å². The Kier molecular flexibility index (Phi) is 4.11. The lowest BCUT2D eigenvalue weighted by Gasteiger charge is -2.51. The van der Waals surface area contributed by atoms with Crippen molar-refractivity contribution in [2.24, 2.45) is 0 Å². The Hall–Kier alpha value is -2.14. The predicted octanol–water partition coefficient (Wildman–Crippen LogP) is 2.81. The number of hydrogen-bond donors (Lipinski definition) is 1. The first-order valence-corrected chi connectivity index (χ1v) is 7.15. The van der Waals surface area contributed by atoms with Crippen LogP contribution in [0, 0.1) is 0 Å². The van der Waals surface area contributed by atoms with Gasteiger partial charge in [-0.25, -0.2) is 9.69 Å². The maximum absolute atomic E-state index is 12.3. The number of ether oxygens (including phenoxy) is 1.